The fourth-order valence-electron chi connectivity index (χ4n) is 3.79. The Bertz CT molecular complexity index is 1070. The lowest BCUT2D eigenvalue weighted by Crippen LogP contribution is -2.30. The Morgan fingerprint density at radius 2 is 2.07 bits per heavy atom. The molecule has 0 radical (unpaired) electrons. The second-order valence-electron chi connectivity index (χ2n) is 7.37. The standard InChI is InChI=1S/C22H22N2O5/c1-13-20(17-7-3-4-8-18(17)23-13)21(26)14(2)29-22(27)15-10-19(25)24(11-15)12-16-6-5-9-28-16/h3-9,14-15,23H,10-12H2,1-2H3/t14-,15-/m0/s1. The zero-order valence-electron chi connectivity index (χ0n) is 16.3. The number of carbonyl (C=O) groups excluding carboxylic acids is 3. The van der Waals surface area contributed by atoms with Gasteiger partial charge in [-0.3, -0.25) is 14.4 Å². The SMILES string of the molecule is Cc1[nH]c2ccccc2c1C(=O)[C@H](C)OC(=O)[C@H]1CC(=O)N(Cc2ccco2)C1. The highest BCUT2D eigenvalue weighted by molar-refractivity contribution is 6.11. The molecule has 3 aromatic rings. The van der Waals surface area contributed by atoms with E-state index in [1.54, 1.807) is 30.2 Å². The minimum absolute atomic E-state index is 0.0760. The van der Waals surface area contributed by atoms with Gasteiger partial charge in [0.25, 0.3) is 0 Å². The molecule has 3 heterocycles. The lowest BCUT2D eigenvalue weighted by Gasteiger charge is -2.17. The Morgan fingerprint density at radius 3 is 2.83 bits per heavy atom. The van der Waals surface area contributed by atoms with E-state index in [-0.39, 0.29) is 24.7 Å². The van der Waals surface area contributed by atoms with Gasteiger partial charge in [-0.15, -0.1) is 0 Å². The molecule has 29 heavy (non-hydrogen) atoms. The molecule has 7 nitrogen and oxygen atoms in total. The van der Waals surface area contributed by atoms with E-state index in [0.29, 0.717) is 17.9 Å². The molecule has 150 valence electrons. The lowest BCUT2D eigenvalue weighted by atomic mass is 10.0. The van der Waals surface area contributed by atoms with E-state index in [2.05, 4.69) is 4.98 Å². The molecule has 1 saturated heterocycles. The van der Waals surface area contributed by atoms with Crippen molar-refractivity contribution in [1.29, 1.82) is 0 Å². The molecular formula is C22H22N2O5. The van der Waals surface area contributed by atoms with Gasteiger partial charge in [0.05, 0.1) is 18.7 Å². The number of hydrogen-bond acceptors (Lipinski definition) is 5. The summed E-state index contributed by atoms with van der Waals surface area (Å²) >= 11 is 0. The van der Waals surface area contributed by atoms with Gasteiger partial charge >= 0.3 is 5.97 Å². The molecule has 2 atom stereocenters. The maximum Gasteiger partial charge on any atom is 0.311 e. The second-order valence-corrected chi connectivity index (χ2v) is 7.37. The largest absolute Gasteiger partial charge is 0.467 e. The molecule has 1 N–H and O–H groups in total. The first kappa shape index (κ1) is 19.0. The Morgan fingerprint density at radius 1 is 1.28 bits per heavy atom. The fourth-order valence-corrected chi connectivity index (χ4v) is 3.79. The van der Waals surface area contributed by atoms with E-state index in [4.69, 9.17) is 9.15 Å². The number of Topliss-reactive ketones (excluding diaryl/α,β-unsaturated/α-hetero) is 1. The number of carbonyl (C=O) groups is 3. The van der Waals surface area contributed by atoms with Gasteiger partial charge in [0.15, 0.2) is 6.10 Å². The highest BCUT2D eigenvalue weighted by Crippen LogP contribution is 2.26. The zero-order valence-corrected chi connectivity index (χ0v) is 16.3. The van der Waals surface area contributed by atoms with Gasteiger partial charge in [-0.1, -0.05) is 18.2 Å². The average Bonchev–Trinajstić information content (AvgIpc) is 3.40. The van der Waals surface area contributed by atoms with Crippen LogP contribution in [0.5, 0.6) is 0 Å². The number of benzene rings is 1. The predicted octanol–water partition coefficient (Wildman–Crippen LogP) is 3.23. The monoisotopic (exact) mass is 394 g/mol. The first-order chi connectivity index (χ1) is 13.9. The van der Waals surface area contributed by atoms with Gasteiger partial charge in [0.1, 0.15) is 5.76 Å². The van der Waals surface area contributed by atoms with E-state index >= 15 is 0 Å². The molecule has 4 rings (SSSR count). The number of para-hydroxylation sites is 1. The van der Waals surface area contributed by atoms with Crippen molar-refractivity contribution < 1.29 is 23.5 Å². The summed E-state index contributed by atoms with van der Waals surface area (Å²) < 4.78 is 10.7. The molecule has 1 aliphatic rings. The molecule has 0 unspecified atom stereocenters. The number of H-pyrrole nitrogens is 1. The van der Waals surface area contributed by atoms with Gasteiger partial charge in [0.2, 0.25) is 11.7 Å². The van der Waals surface area contributed by atoms with Crippen LogP contribution in [-0.2, 0) is 20.9 Å². The van der Waals surface area contributed by atoms with Crippen LogP contribution in [0.2, 0.25) is 0 Å². The Labute approximate surface area is 167 Å². The van der Waals surface area contributed by atoms with Crippen molar-refractivity contribution in [3.63, 3.8) is 0 Å². The number of fused-ring (bicyclic) bond motifs is 1. The van der Waals surface area contributed by atoms with Crippen LogP contribution >= 0.6 is 0 Å². The zero-order chi connectivity index (χ0) is 20.5. The number of hydrogen-bond donors (Lipinski definition) is 1. The van der Waals surface area contributed by atoms with Crippen molar-refractivity contribution in [2.24, 2.45) is 5.92 Å². The number of esters is 1. The van der Waals surface area contributed by atoms with Crippen molar-refractivity contribution in [2.45, 2.75) is 32.9 Å². The number of amides is 1. The number of nitrogens with one attached hydrogen (secondary N) is 1. The first-order valence-electron chi connectivity index (χ1n) is 9.56. The molecule has 1 aliphatic heterocycles. The van der Waals surface area contributed by atoms with Crippen LogP contribution in [0.15, 0.2) is 47.1 Å². The predicted molar refractivity (Wildman–Crippen MR) is 105 cm³/mol. The summed E-state index contributed by atoms with van der Waals surface area (Å²) in [6, 6.07) is 11.0. The average molecular weight is 394 g/mol. The normalized spacial score (nSPS) is 17.7. The number of aryl methyl sites for hydroxylation is 1. The summed E-state index contributed by atoms with van der Waals surface area (Å²) in [6.45, 7) is 3.97. The molecule has 0 bridgehead atoms. The minimum atomic E-state index is -0.936. The highest BCUT2D eigenvalue weighted by atomic mass is 16.5. The molecule has 2 aromatic heterocycles. The molecule has 0 saturated carbocycles. The molecule has 1 aromatic carbocycles. The van der Waals surface area contributed by atoms with Crippen LogP contribution in [0.4, 0.5) is 0 Å². The molecule has 0 spiro atoms. The maximum absolute atomic E-state index is 12.9. The maximum atomic E-state index is 12.9. The third-order valence-electron chi connectivity index (χ3n) is 5.28. The number of nitrogens with zero attached hydrogens (tertiary/aromatic N) is 1. The van der Waals surface area contributed by atoms with Crippen molar-refractivity contribution in [1.82, 2.24) is 9.88 Å². The second kappa shape index (κ2) is 7.58. The number of aromatic nitrogens is 1. The topological polar surface area (TPSA) is 92.6 Å². The molecule has 1 amide bonds. The number of furan rings is 1. The van der Waals surface area contributed by atoms with Crippen LogP contribution in [0.25, 0.3) is 10.9 Å². The number of likely N-dealkylation sites (tertiary alicyclic amines) is 1. The molecular weight excluding hydrogens is 372 g/mol. The van der Waals surface area contributed by atoms with E-state index in [9.17, 15) is 14.4 Å². The number of aromatic amines is 1. The highest BCUT2D eigenvalue weighted by Gasteiger charge is 2.37. The van der Waals surface area contributed by atoms with Crippen LogP contribution in [0.3, 0.4) is 0 Å². The Kier molecular flexibility index (Phi) is 4.96. The summed E-state index contributed by atoms with van der Waals surface area (Å²) in [7, 11) is 0. The van der Waals surface area contributed by atoms with Crippen molar-refractivity contribution in [2.75, 3.05) is 6.54 Å². The smallest absolute Gasteiger partial charge is 0.311 e. The summed E-state index contributed by atoms with van der Waals surface area (Å²) in [4.78, 5) is 42.5. The van der Waals surface area contributed by atoms with Crippen LogP contribution < -0.4 is 0 Å². The Hall–Kier alpha value is -3.35. The summed E-state index contributed by atoms with van der Waals surface area (Å²) in [5.74, 6) is -0.846. The van der Waals surface area contributed by atoms with Crippen LogP contribution in [-0.4, -0.2) is 40.2 Å². The van der Waals surface area contributed by atoms with Crippen molar-refractivity contribution in [3.05, 3.63) is 59.7 Å². The number of ether oxygens (including phenoxy) is 1. The van der Waals surface area contributed by atoms with Crippen LogP contribution in [0.1, 0.15) is 35.2 Å². The van der Waals surface area contributed by atoms with Crippen molar-refractivity contribution in [3.8, 4) is 0 Å². The molecule has 0 aliphatic carbocycles. The van der Waals surface area contributed by atoms with E-state index < -0.39 is 18.0 Å². The molecule has 1 fully saturated rings. The first-order valence-corrected chi connectivity index (χ1v) is 9.56. The third kappa shape index (κ3) is 3.68. The fraction of sp³-hybridized carbons (Fsp3) is 0.318. The quantitative estimate of drug-likeness (QED) is 0.512. The van der Waals surface area contributed by atoms with Gasteiger partial charge in [-0.05, 0) is 32.0 Å². The number of ketones is 1. The van der Waals surface area contributed by atoms with E-state index in [1.165, 1.54) is 0 Å². The Balaban J connectivity index is 1.42. The summed E-state index contributed by atoms with van der Waals surface area (Å²) in [5.41, 5.74) is 2.13. The van der Waals surface area contributed by atoms with Crippen LogP contribution in [0, 0.1) is 12.8 Å². The van der Waals surface area contributed by atoms with Gasteiger partial charge in [-0.2, -0.15) is 0 Å². The number of rotatable bonds is 6. The van der Waals surface area contributed by atoms with E-state index in [1.807, 2.05) is 31.2 Å². The minimum Gasteiger partial charge on any atom is -0.467 e. The lowest BCUT2D eigenvalue weighted by molar-refractivity contribution is -0.151. The van der Waals surface area contributed by atoms with Gasteiger partial charge in [-0.25, -0.2) is 0 Å². The molecule has 7 heteroatoms. The third-order valence-corrected chi connectivity index (χ3v) is 5.28. The van der Waals surface area contributed by atoms with Gasteiger partial charge in [0, 0.05) is 35.1 Å². The van der Waals surface area contributed by atoms with E-state index in [0.717, 1.165) is 16.6 Å². The summed E-state index contributed by atoms with van der Waals surface area (Å²) in [6.07, 6.45) is 0.684. The summed E-state index contributed by atoms with van der Waals surface area (Å²) in [5, 5.41) is 0.804. The van der Waals surface area contributed by atoms with Crippen molar-refractivity contribution >= 4 is 28.6 Å². The van der Waals surface area contributed by atoms with Gasteiger partial charge < -0.3 is 19.0 Å².